The Morgan fingerprint density at radius 2 is 0.917 bits per heavy atom. The third-order valence-electron chi connectivity index (χ3n) is 18.2. The van der Waals surface area contributed by atoms with E-state index in [4.69, 9.17) is 28.4 Å². The van der Waals surface area contributed by atoms with E-state index in [0.717, 1.165) is 82.8 Å². The summed E-state index contributed by atoms with van der Waals surface area (Å²) in [6, 6.07) is 35.0. The van der Waals surface area contributed by atoms with Crippen LogP contribution < -0.4 is 18.9 Å². The fraction of sp³-hybridized carbons (Fsp3) is 0.448. The number of carbonyl (C=O) groups excluding carboxylic acids is 1. The molecule has 17 heteroatoms. The van der Waals surface area contributed by atoms with E-state index >= 15 is 4.79 Å². The highest BCUT2D eigenvalue weighted by molar-refractivity contribution is 8.00. The van der Waals surface area contributed by atoms with Crippen LogP contribution in [-0.2, 0) is 33.4 Å². The molecule has 15 nitrogen and oxygen atoms in total. The molecular formula is C67H78N4O11S2. The van der Waals surface area contributed by atoms with Crippen LogP contribution in [0.1, 0.15) is 96.6 Å². The number of hydrogen-bond acceptors (Lipinski definition) is 17. The number of benzene rings is 6. The SMILES string of the molecule is COc1c(CN2CCOCC2)cc(O)c(C(=O)c2c(O)cc(CN3CCOCC3)c(OC)c2C2(CO)c3ccccc3SC2c2ccc(OCCN3CCCC3)cc2)c1C1(CO)c2ccccc2SC1c1ccc(OCCN2CCCC2)cc1. The smallest absolute Gasteiger partial charge is 0.201 e. The minimum absolute atomic E-state index is 0.144. The zero-order valence-electron chi connectivity index (χ0n) is 48.3. The van der Waals surface area contributed by atoms with Crippen molar-refractivity contribution in [1.29, 1.82) is 0 Å². The van der Waals surface area contributed by atoms with Crippen molar-refractivity contribution in [1.82, 2.24) is 19.6 Å². The maximum Gasteiger partial charge on any atom is 0.201 e. The summed E-state index contributed by atoms with van der Waals surface area (Å²) in [6.45, 7) is 11.4. The Kier molecular flexibility index (Phi) is 18.1. The summed E-state index contributed by atoms with van der Waals surface area (Å²) < 4.78 is 37.5. The van der Waals surface area contributed by atoms with Gasteiger partial charge in [0, 0.05) is 84.4 Å². The Hall–Kier alpha value is -5.83. The molecule has 0 amide bonds. The highest BCUT2D eigenvalue weighted by Crippen LogP contribution is 2.66. The molecule has 4 N–H and O–H groups in total. The second-order valence-electron chi connectivity index (χ2n) is 23.0. The molecule has 0 radical (unpaired) electrons. The molecule has 0 bridgehead atoms. The highest BCUT2D eigenvalue weighted by atomic mass is 32.2. The Bertz CT molecular complexity index is 3060. The number of likely N-dealkylation sites (tertiary alicyclic amines) is 2. The minimum atomic E-state index is -1.45. The Balaban J connectivity index is 1.06. The van der Waals surface area contributed by atoms with Crippen molar-refractivity contribution in [3.63, 3.8) is 0 Å². The van der Waals surface area contributed by atoms with Gasteiger partial charge in [-0.05, 0) is 123 Å². The monoisotopic (exact) mass is 1180 g/mol. The van der Waals surface area contributed by atoms with E-state index < -0.39 is 40.3 Å². The molecule has 4 atom stereocenters. The molecule has 6 aliphatic rings. The average Bonchev–Trinajstić information content (AvgIpc) is 1.58. The summed E-state index contributed by atoms with van der Waals surface area (Å²) in [5.74, 6) is 0.683. The first kappa shape index (κ1) is 58.5. The van der Waals surface area contributed by atoms with Gasteiger partial charge in [0.1, 0.15) is 47.7 Å². The van der Waals surface area contributed by atoms with Crippen LogP contribution in [0.15, 0.2) is 119 Å². The van der Waals surface area contributed by atoms with Crippen LogP contribution >= 0.6 is 23.5 Å². The predicted octanol–water partition coefficient (Wildman–Crippen LogP) is 9.21. The lowest BCUT2D eigenvalue weighted by atomic mass is 9.65. The van der Waals surface area contributed by atoms with Gasteiger partial charge in [-0.1, -0.05) is 60.7 Å². The molecule has 6 aliphatic heterocycles. The van der Waals surface area contributed by atoms with Crippen molar-refractivity contribution in [3.05, 3.63) is 165 Å². The number of aliphatic hydroxyl groups excluding tert-OH is 2. The van der Waals surface area contributed by atoms with Crippen molar-refractivity contribution >= 4 is 29.3 Å². The zero-order valence-corrected chi connectivity index (χ0v) is 49.9. The molecule has 0 aliphatic carbocycles. The van der Waals surface area contributed by atoms with Gasteiger partial charge in [-0.15, -0.1) is 23.5 Å². The van der Waals surface area contributed by atoms with E-state index in [-0.39, 0.29) is 33.8 Å². The normalized spacial score (nSPS) is 23.0. The van der Waals surface area contributed by atoms with E-state index in [2.05, 4.69) is 19.6 Å². The van der Waals surface area contributed by atoms with E-state index in [1.807, 2.05) is 97.1 Å². The van der Waals surface area contributed by atoms with E-state index in [1.54, 1.807) is 49.9 Å². The van der Waals surface area contributed by atoms with Gasteiger partial charge >= 0.3 is 0 Å². The molecule has 6 heterocycles. The molecule has 6 aromatic rings. The van der Waals surface area contributed by atoms with Crippen LogP contribution in [0.4, 0.5) is 0 Å². The molecule has 444 valence electrons. The fourth-order valence-electron chi connectivity index (χ4n) is 14.0. The number of ether oxygens (including phenoxy) is 6. The third-order valence-corrected chi connectivity index (χ3v) is 21.2. The summed E-state index contributed by atoms with van der Waals surface area (Å²) in [5.41, 5.74) is 1.84. The molecule has 6 aromatic carbocycles. The summed E-state index contributed by atoms with van der Waals surface area (Å²) in [6.07, 6.45) is 4.81. The summed E-state index contributed by atoms with van der Waals surface area (Å²) in [4.78, 5) is 28.3. The molecule has 0 spiro atoms. The Labute approximate surface area is 501 Å². The molecule has 12 rings (SSSR count). The number of morpholine rings is 2. The molecular weight excluding hydrogens is 1100 g/mol. The first-order chi connectivity index (χ1) is 41.2. The van der Waals surface area contributed by atoms with E-state index in [0.29, 0.717) is 102 Å². The number of ketones is 1. The summed E-state index contributed by atoms with van der Waals surface area (Å²) in [5, 5.41) is 50.6. The van der Waals surface area contributed by atoms with Crippen molar-refractivity contribution in [2.24, 2.45) is 0 Å². The Morgan fingerprint density at radius 3 is 1.29 bits per heavy atom. The van der Waals surface area contributed by atoms with Crippen LogP contribution in [0.25, 0.3) is 0 Å². The molecule has 0 aromatic heterocycles. The lowest BCUT2D eigenvalue weighted by Gasteiger charge is -2.40. The maximum absolute atomic E-state index is 17.2. The lowest BCUT2D eigenvalue weighted by molar-refractivity contribution is 0.0337. The number of aliphatic hydroxyl groups is 2. The van der Waals surface area contributed by atoms with Crippen LogP contribution in [0.5, 0.6) is 34.5 Å². The van der Waals surface area contributed by atoms with Crippen LogP contribution in [0.3, 0.4) is 0 Å². The molecule has 4 fully saturated rings. The maximum atomic E-state index is 17.2. The number of carbonyl (C=O) groups is 1. The number of fused-ring (bicyclic) bond motifs is 2. The molecule has 4 unspecified atom stereocenters. The van der Waals surface area contributed by atoms with Crippen molar-refractivity contribution in [3.8, 4) is 34.5 Å². The number of rotatable bonds is 22. The number of methoxy groups -OCH3 is 2. The van der Waals surface area contributed by atoms with Gasteiger partial charge in [0.2, 0.25) is 5.78 Å². The van der Waals surface area contributed by atoms with Crippen molar-refractivity contribution in [2.75, 3.05) is 133 Å². The van der Waals surface area contributed by atoms with E-state index in [1.165, 1.54) is 25.7 Å². The third kappa shape index (κ3) is 11.2. The van der Waals surface area contributed by atoms with Gasteiger partial charge in [0.15, 0.2) is 0 Å². The van der Waals surface area contributed by atoms with Gasteiger partial charge in [0.25, 0.3) is 0 Å². The predicted molar refractivity (Wildman–Crippen MR) is 326 cm³/mol. The number of thioether (sulfide) groups is 2. The van der Waals surface area contributed by atoms with Gasteiger partial charge in [-0.2, -0.15) is 0 Å². The number of phenols is 2. The molecule has 4 saturated heterocycles. The van der Waals surface area contributed by atoms with Gasteiger partial charge in [-0.3, -0.25) is 24.4 Å². The van der Waals surface area contributed by atoms with Gasteiger partial charge in [0.05, 0.1) is 86.3 Å². The quantitative estimate of drug-likeness (QED) is 0.0475. The van der Waals surface area contributed by atoms with Crippen LogP contribution in [0.2, 0.25) is 0 Å². The Morgan fingerprint density at radius 1 is 0.536 bits per heavy atom. The van der Waals surface area contributed by atoms with Gasteiger partial charge < -0.3 is 48.8 Å². The molecule has 0 saturated carbocycles. The minimum Gasteiger partial charge on any atom is -0.507 e. The second-order valence-corrected chi connectivity index (χ2v) is 25.3. The van der Waals surface area contributed by atoms with Crippen LogP contribution in [0, 0.1) is 0 Å². The van der Waals surface area contributed by atoms with Crippen LogP contribution in [-0.4, -0.2) is 178 Å². The van der Waals surface area contributed by atoms with Crippen molar-refractivity contribution < 1.29 is 53.6 Å². The second kappa shape index (κ2) is 26.0. The number of aromatic hydroxyl groups is 2. The van der Waals surface area contributed by atoms with E-state index in [9.17, 15) is 20.4 Å². The average molecular weight is 1180 g/mol. The summed E-state index contributed by atoms with van der Waals surface area (Å²) >= 11 is 3.16. The van der Waals surface area contributed by atoms with Crippen molar-refractivity contribution in [2.45, 2.75) is 69.9 Å². The topological polar surface area (TPSA) is 166 Å². The molecule has 84 heavy (non-hydrogen) atoms. The first-order valence-corrected chi connectivity index (χ1v) is 31.6. The standard InChI is InChI=1S/C67H78N4O11S2/c1-77-62-47(41-70-27-33-79-34-28-70)39-53(74)57(59(62)66(43-72)51-11-3-5-13-55(51)83-64(66)45-15-19-49(20-16-45)81-37-31-68-23-7-8-24-68)61(76)58-54(75)40-48(42-71-29-35-80-36-30-71)63(78-2)60(58)67(44-73)52-12-4-6-14-56(52)84-65(67)46-17-21-50(22-18-46)82-38-32-69-25-9-10-26-69/h3-6,11-22,39-40,64-65,72-75H,7-10,23-38,41-44H2,1-2H3. The summed E-state index contributed by atoms with van der Waals surface area (Å²) in [7, 11) is 3.15. The van der Waals surface area contributed by atoms with Gasteiger partial charge in [-0.25, -0.2) is 0 Å². The highest BCUT2D eigenvalue weighted by Gasteiger charge is 2.56. The fourth-order valence-corrected chi connectivity index (χ4v) is 17.2. The number of phenolic OH excluding ortho intramolecular Hbond substituents is 2. The number of nitrogens with zero attached hydrogens (tertiary/aromatic N) is 4. The largest absolute Gasteiger partial charge is 0.507 e. The lowest BCUT2D eigenvalue weighted by Crippen LogP contribution is -2.40. The number of hydrogen-bond donors (Lipinski definition) is 4. The zero-order chi connectivity index (χ0) is 57.8. The first-order valence-electron chi connectivity index (χ1n) is 29.8.